The van der Waals surface area contributed by atoms with E-state index in [0.29, 0.717) is 0 Å². The Morgan fingerprint density at radius 3 is 2.58 bits per heavy atom. The summed E-state index contributed by atoms with van der Waals surface area (Å²) in [4.78, 5) is 26.8. The highest BCUT2D eigenvalue weighted by Gasteiger charge is 2.31. The molecule has 2 rings (SSSR count). The van der Waals surface area contributed by atoms with Crippen LogP contribution in [0.3, 0.4) is 0 Å². The van der Waals surface area contributed by atoms with Crippen LogP contribution in [0.4, 0.5) is 18.9 Å². The van der Waals surface area contributed by atoms with Gasteiger partial charge in [-0.1, -0.05) is 11.6 Å². The first-order valence-corrected chi connectivity index (χ1v) is 7.71. The first-order chi connectivity index (χ1) is 11.1. The molecule has 1 atom stereocenters. The van der Waals surface area contributed by atoms with Crippen molar-refractivity contribution in [2.24, 2.45) is 0 Å². The van der Waals surface area contributed by atoms with Crippen LogP contribution >= 0.6 is 22.9 Å². The monoisotopic (exact) mass is 378 g/mol. The molecule has 0 aliphatic carbocycles. The number of halogens is 4. The van der Waals surface area contributed by atoms with E-state index in [-0.39, 0.29) is 21.4 Å². The smallest absolute Gasteiger partial charge is 0.416 e. The number of carbonyl (C=O) groups is 2. The van der Waals surface area contributed by atoms with Crippen LogP contribution in [0, 0.1) is 0 Å². The molecule has 0 spiro atoms. The van der Waals surface area contributed by atoms with Crippen molar-refractivity contribution in [3.8, 4) is 0 Å². The summed E-state index contributed by atoms with van der Waals surface area (Å²) in [6, 6.07) is 2.58. The van der Waals surface area contributed by atoms with Crippen LogP contribution in [0.15, 0.2) is 23.6 Å². The third-order valence-electron chi connectivity index (χ3n) is 3.06. The first kappa shape index (κ1) is 18.2. The van der Waals surface area contributed by atoms with Crippen LogP contribution in [0.1, 0.15) is 33.9 Å². The molecule has 0 saturated heterocycles. The van der Waals surface area contributed by atoms with Crippen molar-refractivity contribution in [3.05, 3.63) is 44.9 Å². The second kappa shape index (κ2) is 6.78. The van der Waals surface area contributed by atoms with Gasteiger partial charge in [0.1, 0.15) is 5.01 Å². The van der Waals surface area contributed by atoms with Crippen LogP contribution in [-0.4, -0.2) is 22.0 Å². The molecule has 0 bridgehead atoms. The zero-order valence-electron chi connectivity index (χ0n) is 12.0. The zero-order chi connectivity index (χ0) is 18.1. The average molecular weight is 379 g/mol. The fourth-order valence-corrected chi connectivity index (χ4v) is 2.75. The molecule has 24 heavy (non-hydrogen) atoms. The van der Waals surface area contributed by atoms with Gasteiger partial charge in [0.25, 0.3) is 0 Å². The minimum atomic E-state index is -4.57. The molecule has 0 saturated carbocycles. The van der Waals surface area contributed by atoms with Gasteiger partial charge in [0, 0.05) is 5.38 Å². The Hall–Kier alpha value is -2.13. The molecule has 2 N–H and O–H groups in total. The number of rotatable bonds is 4. The Morgan fingerprint density at radius 2 is 2.04 bits per heavy atom. The summed E-state index contributed by atoms with van der Waals surface area (Å²) in [6.07, 6.45) is -4.57. The fourth-order valence-electron chi connectivity index (χ4n) is 1.74. The standard InChI is InChI=1S/C14H10ClF3N2O3S/c1-6(12-20-10(5-24-12)13(22)23)11(21)19-9-4-7(14(16,17)18)2-3-8(9)15/h2-6H,1H3,(H,19,21)(H,22,23). The Kier molecular flexibility index (Phi) is 5.14. The molecule has 5 nitrogen and oxygen atoms in total. The highest BCUT2D eigenvalue weighted by molar-refractivity contribution is 7.10. The van der Waals surface area contributed by atoms with Gasteiger partial charge in [0.2, 0.25) is 5.91 Å². The van der Waals surface area contributed by atoms with Crippen molar-refractivity contribution in [1.29, 1.82) is 0 Å². The lowest BCUT2D eigenvalue weighted by molar-refractivity contribution is -0.137. The number of carbonyl (C=O) groups excluding carboxylic acids is 1. The predicted molar refractivity (Wildman–Crippen MR) is 82.6 cm³/mol. The van der Waals surface area contributed by atoms with Gasteiger partial charge in [-0.2, -0.15) is 13.2 Å². The quantitative estimate of drug-likeness (QED) is 0.833. The number of carboxylic acids is 1. The van der Waals surface area contributed by atoms with E-state index in [1.807, 2.05) is 0 Å². The highest BCUT2D eigenvalue weighted by atomic mass is 35.5. The van der Waals surface area contributed by atoms with Gasteiger partial charge >= 0.3 is 12.1 Å². The maximum absolute atomic E-state index is 12.7. The zero-order valence-corrected chi connectivity index (χ0v) is 13.6. The van der Waals surface area contributed by atoms with Crippen LogP contribution in [0.5, 0.6) is 0 Å². The van der Waals surface area contributed by atoms with Gasteiger partial charge in [-0.15, -0.1) is 11.3 Å². The molecule has 1 aromatic heterocycles. The van der Waals surface area contributed by atoms with Crippen LogP contribution in [-0.2, 0) is 11.0 Å². The summed E-state index contributed by atoms with van der Waals surface area (Å²) in [5.74, 6) is -2.73. The minimum absolute atomic E-state index is 0.0473. The van der Waals surface area contributed by atoms with Gasteiger partial charge in [0.15, 0.2) is 5.69 Å². The Bertz CT molecular complexity index is 792. The van der Waals surface area contributed by atoms with E-state index in [2.05, 4.69) is 10.3 Å². The molecule has 0 fully saturated rings. The second-order valence-corrected chi connectivity index (χ2v) is 6.08. The molecule has 0 aliphatic heterocycles. The molecule has 1 amide bonds. The number of carboxylic acid groups (broad SMARTS) is 1. The molecule has 1 aromatic carbocycles. The Morgan fingerprint density at radius 1 is 1.38 bits per heavy atom. The summed E-state index contributed by atoms with van der Waals surface area (Å²) in [7, 11) is 0. The van der Waals surface area contributed by atoms with Gasteiger partial charge < -0.3 is 10.4 Å². The van der Waals surface area contributed by atoms with Gasteiger partial charge in [0.05, 0.1) is 22.2 Å². The molecule has 2 aromatic rings. The van der Waals surface area contributed by atoms with Crippen LogP contribution in [0.25, 0.3) is 0 Å². The normalized spacial score (nSPS) is 12.7. The molecular formula is C14H10ClF3N2O3S. The van der Waals surface area contributed by atoms with E-state index in [1.54, 1.807) is 0 Å². The molecule has 128 valence electrons. The van der Waals surface area contributed by atoms with Gasteiger partial charge in [-0.3, -0.25) is 4.79 Å². The van der Waals surface area contributed by atoms with Crippen molar-refractivity contribution < 1.29 is 27.9 Å². The summed E-state index contributed by atoms with van der Waals surface area (Å²) in [5.41, 5.74) is -1.33. The fraction of sp³-hybridized carbons (Fsp3) is 0.214. The summed E-state index contributed by atoms with van der Waals surface area (Å²) in [6.45, 7) is 1.46. The Balaban J connectivity index is 2.20. The van der Waals surface area contributed by atoms with E-state index < -0.39 is 29.5 Å². The third-order valence-corrected chi connectivity index (χ3v) is 4.41. The number of hydrogen-bond donors (Lipinski definition) is 2. The van der Waals surface area contributed by atoms with E-state index in [1.165, 1.54) is 12.3 Å². The molecule has 10 heteroatoms. The number of benzene rings is 1. The van der Waals surface area contributed by atoms with E-state index >= 15 is 0 Å². The van der Waals surface area contributed by atoms with Crippen molar-refractivity contribution >= 4 is 40.5 Å². The van der Waals surface area contributed by atoms with Crippen molar-refractivity contribution in [2.45, 2.75) is 19.0 Å². The highest BCUT2D eigenvalue weighted by Crippen LogP contribution is 2.34. The molecule has 1 heterocycles. The minimum Gasteiger partial charge on any atom is -0.476 e. The van der Waals surface area contributed by atoms with Gasteiger partial charge in [-0.25, -0.2) is 9.78 Å². The average Bonchev–Trinajstić information content (AvgIpc) is 2.97. The summed E-state index contributed by atoms with van der Waals surface area (Å²) in [5, 5.41) is 12.6. The second-order valence-electron chi connectivity index (χ2n) is 4.78. The number of nitrogens with zero attached hydrogens (tertiary/aromatic N) is 1. The number of hydrogen-bond acceptors (Lipinski definition) is 4. The number of amides is 1. The Labute approximate surface area is 143 Å². The number of alkyl halides is 3. The van der Waals surface area contributed by atoms with Crippen LogP contribution in [0.2, 0.25) is 5.02 Å². The van der Waals surface area contributed by atoms with Crippen molar-refractivity contribution in [1.82, 2.24) is 4.98 Å². The largest absolute Gasteiger partial charge is 0.476 e. The van der Waals surface area contributed by atoms with E-state index in [0.717, 1.165) is 29.5 Å². The summed E-state index contributed by atoms with van der Waals surface area (Å²) < 4.78 is 38.2. The maximum Gasteiger partial charge on any atom is 0.416 e. The lowest BCUT2D eigenvalue weighted by Crippen LogP contribution is -2.19. The summed E-state index contributed by atoms with van der Waals surface area (Å²) >= 11 is 6.78. The first-order valence-electron chi connectivity index (χ1n) is 6.46. The van der Waals surface area contributed by atoms with Crippen molar-refractivity contribution in [2.75, 3.05) is 5.32 Å². The number of thiazole rings is 1. The number of aromatic carboxylic acids is 1. The van der Waals surface area contributed by atoms with E-state index in [9.17, 15) is 22.8 Å². The number of aromatic nitrogens is 1. The number of nitrogens with one attached hydrogen (secondary N) is 1. The van der Waals surface area contributed by atoms with Crippen molar-refractivity contribution in [3.63, 3.8) is 0 Å². The molecule has 0 aliphatic rings. The SMILES string of the molecule is CC(C(=O)Nc1cc(C(F)(F)F)ccc1Cl)c1nc(C(=O)O)cs1. The maximum atomic E-state index is 12.7. The lowest BCUT2D eigenvalue weighted by atomic mass is 10.1. The third kappa shape index (κ3) is 4.04. The lowest BCUT2D eigenvalue weighted by Gasteiger charge is -2.13. The van der Waals surface area contributed by atoms with Crippen LogP contribution < -0.4 is 5.32 Å². The number of anilines is 1. The van der Waals surface area contributed by atoms with Gasteiger partial charge in [-0.05, 0) is 25.1 Å². The molecule has 0 radical (unpaired) electrons. The molecular weight excluding hydrogens is 369 g/mol. The topological polar surface area (TPSA) is 79.3 Å². The van der Waals surface area contributed by atoms with E-state index in [4.69, 9.17) is 16.7 Å². The molecule has 1 unspecified atom stereocenters. The predicted octanol–water partition coefficient (Wildman–Crippen LogP) is 4.26.